The molecule has 3 rings (SSSR count). The van der Waals surface area contributed by atoms with E-state index in [0.29, 0.717) is 5.69 Å². The number of hydrogen-bond donors (Lipinski definition) is 1. The summed E-state index contributed by atoms with van der Waals surface area (Å²) >= 11 is 0. The monoisotopic (exact) mass is 403 g/mol. The highest BCUT2D eigenvalue weighted by Crippen LogP contribution is 2.22. The number of amides is 3. The van der Waals surface area contributed by atoms with Crippen molar-refractivity contribution in [2.45, 2.75) is 39.7 Å². The number of piperazine rings is 1. The Morgan fingerprint density at radius 1 is 1.28 bits per heavy atom. The molecule has 0 spiro atoms. The maximum absolute atomic E-state index is 12.5. The third-order valence-corrected chi connectivity index (χ3v) is 5.14. The zero-order chi connectivity index (χ0) is 21.0. The van der Waals surface area contributed by atoms with Crippen LogP contribution in [0.15, 0.2) is 12.0 Å². The minimum atomic E-state index is -0.506. The number of carbonyl (C=O) groups excluding carboxylic acids is 3. The van der Waals surface area contributed by atoms with Gasteiger partial charge >= 0.3 is 0 Å². The molecule has 2 aliphatic rings. The van der Waals surface area contributed by atoms with E-state index in [9.17, 15) is 14.4 Å². The molecule has 0 saturated carbocycles. The summed E-state index contributed by atoms with van der Waals surface area (Å²) < 4.78 is 7.49. The van der Waals surface area contributed by atoms with E-state index in [-0.39, 0.29) is 24.1 Å². The van der Waals surface area contributed by atoms with Crippen LogP contribution in [0.3, 0.4) is 0 Å². The number of ether oxygens (including phenoxy) is 1. The van der Waals surface area contributed by atoms with E-state index in [4.69, 9.17) is 4.74 Å². The molecule has 0 unspecified atom stereocenters. The minimum absolute atomic E-state index is 0.0805. The smallest absolute Gasteiger partial charge is 0.277 e. The summed E-state index contributed by atoms with van der Waals surface area (Å²) in [6.45, 7) is 10.5. The van der Waals surface area contributed by atoms with Crippen LogP contribution in [0.1, 0.15) is 44.5 Å². The maximum Gasteiger partial charge on any atom is 0.277 e. The Kier molecular flexibility index (Phi) is 6.81. The van der Waals surface area contributed by atoms with Crippen molar-refractivity contribution in [2.24, 2.45) is 0 Å². The molecule has 2 fully saturated rings. The summed E-state index contributed by atoms with van der Waals surface area (Å²) in [4.78, 5) is 43.9. The highest BCUT2D eigenvalue weighted by atomic mass is 16.5. The van der Waals surface area contributed by atoms with Crippen LogP contribution in [-0.2, 0) is 25.7 Å². The van der Waals surface area contributed by atoms with Gasteiger partial charge in [0.1, 0.15) is 12.2 Å². The van der Waals surface area contributed by atoms with Crippen LogP contribution < -0.4 is 5.32 Å². The van der Waals surface area contributed by atoms with Crippen LogP contribution in [0.4, 0.5) is 0 Å². The number of aromatic nitrogens is 2. The van der Waals surface area contributed by atoms with E-state index < -0.39 is 11.8 Å². The third kappa shape index (κ3) is 5.10. The van der Waals surface area contributed by atoms with Gasteiger partial charge in [0.2, 0.25) is 11.8 Å². The Morgan fingerprint density at radius 2 is 2.00 bits per heavy atom. The second-order valence-corrected chi connectivity index (χ2v) is 7.69. The van der Waals surface area contributed by atoms with Crippen LogP contribution in [0.5, 0.6) is 0 Å². The van der Waals surface area contributed by atoms with Gasteiger partial charge in [-0.05, 0) is 18.4 Å². The summed E-state index contributed by atoms with van der Waals surface area (Å²) in [6, 6.07) is 0. The molecule has 1 N–H and O–H groups in total. The lowest BCUT2D eigenvalue weighted by atomic mass is 10.1. The first-order valence-corrected chi connectivity index (χ1v) is 10.1. The van der Waals surface area contributed by atoms with E-state index in [1.807, 2.05) is 0 Å². The Balaban J connectivity index is 1.75. The van der Waals surface area contributed by atoms with Crippen molar-refractivity contribution in [1.82, 2.24) is 24.7 Å². The van der Waals surface area contributed by atoms with Crippen LogP contribution in [0.25, 0.3) is 6.08 Å². The molecule has 2 saturated heterocycles. The molecular formula is C20H29N5O4. The second kappa shape index (κ2) is 9.32. The molecule has 0 bridgehead atoms. The van der Waals surface area contributed by atoms with E-state index >= 15 is 0 Å². The van der Waals surface area contributed by atoms with Crippen molar-refractivity contribution < 1.29 is 19.1 Å². The second-order valence-electron chi connectivity index (χ2n) is 7.69. The summed E-state index contributed by atoms with van der Waals surface area (Å²) in [5, 5.41) is 2.57. The maximum atomic E-state index is 12.5. The molecule has 29 heavy (non-hydrogen) atoms. The van der Waals surface area contributed by atoms with Crippen LogP contribution in [0.2, 0.25) is 0 Å². The predicted octanol–water partition coefficient (Wildman–Crippen LogP) is 0.575. The molecule has 1 aromatic rings. The fourth-order valence-corrected chi connectivity index (χ4v) is 3.71. The molecule has 1 aromatic heterocycles. The van der Waals surface area contributed by atoms with E-state index in [1.165, 1.54) is 6.92 Å². The topological polar surface area (TPSA) is 96.8 Å². The molecule has 158 valence electrons. The summed E-state index contributed by atoms with van der Waals surface area (Å²) in [5.74, 6) is -1.16. The lowest BCUT2D eigenvalue weighted by Gasteiger charge is -2.26. The normalized spacial score (nSPS) is 19.9. The average molecular weight is 403 g/mol. The number of nitrogens with one attached hydrogen (secondary N) is 1. The van der Waals surface area contributed by atoms with Crippen molar-refractivity contribution in [3.8, 4) is 0 Å². The number of rotatable bonds is 6. The molecule has 9 nitrogen and oxygen atoms in total. The minimum Gasteiger partial charge on any atom is -0.379 e. The average Bonchev–Trinajstić information content (AvgIpc) is 3.07. The van der Waals surface area contributed by atoms with Gasteiger partial charge in [0.15, 0.2) is 0 Å². The zero-order valence-electron chi connectivity index (χ0n) is 17.3. The predicted molar refractivity (Wildman–Crippen MR) is 107 cm³/mol. The van der Waals surface area contributed by atoms with Crippen LogP contribution >= 0.6 is 0 Å². The Labute approximate surface area is 170 Å². The van der Waals surface area contributed by atoms with Gasteiger partial charge in [0.25, 0.3) is 5.91 Å². The zero-order valence-corrected chi connectivity index (χ0v) is 17.3. The first-order chi connectivity index (χ1) is 13.9. The van der Waals surface area contributed by atoms with Gasteiger partial charge in [-0.25, -0.2) is 4.98 Å². The number of morpholine rings is 1. The molecule has 3 heterocycles. The fourth-order valence-electron chi connectivity index (χ4n) is 3.71. The Morgan fingerprint density at radius 3 is 2.66 bits per heavy atom. The number of carbonyl (C=O) groups is 3. The molecule has 0 aromatic carbocycles. The molecule has 2 aliphatic heterocycles. The largest absolute Gasteiger partial charge is 0.379 e. The van der Waals surface area contributed by atoms with Gasteiger partial charge in [-0.1, -0.05) is 13.8 Å². The van der Waals surface area contributed by atoms with Crippen molar-refractivity contribution in [3.05, 3.63) is 23.4 Å². The summed E-state index contributed by atoms with van der Waals surface area (Å²) in [7, 11) is 0. The molecule has 9 heteroatoms. The molecular weight excluding hydrogens is 374 g/mol. The van der Waals surface area contributed by atoms with E-state index in [1.54, 1.807) is 12.4 Å². The molecule has 0 radical (unpaired) electrons. The Bertz CT molecular complexity index is 808. The van der Waals surface area contributed by atoms with Gasteiger partial charge in [0, 0.05) is 38.8 Å². The van der Waals surface area contributed by atoms with Gasteiger partial charge in [-0.3, -0.25) is 24.2 Å². The SMILES string of the molecule is CC(=O)N1CC(=O)NC(=Cc2ncn(CCCN3CCOCC3)c2C(C)C)C1=O. The number of imidazole rings is 1. The van der Waals surface area contributed by atoms with Gasteiger partial charge in [0.05, 0.1) is 25.2 Å². The Hall–Kier alpha value is -2.52. The summed E-state index contributed by atoms with van der Waals surface area (Å²) in [5.41, 5.74) is 1.72. The highest BCUT2D eigenvalue weighted by Gasteiger charge is 2.31. The third-order valence-electron chi connectivity index (χ3n) is 5.14. The van der Waals surface area contributed by atoms with Gasteiger partial charge < -0.3 is 14.6 Å². The highest BCUT2D eigenvalue weighted by molar-refractivity contribution is 6.12. The number of aryl methyl sites for hydroxylation is 1. The lowest BCUT2D eigenvalue weighted by Crippen LogP contribution is -2.51. The molecule has 0 atom stereocenters. The first kappa shape index (κ1) is 21.2. The van der Waals surface area contributed by atoms with E-state index in [2.05, 4.69) is 33.6 Å². The summed E-state index contributed by atoms with van der Waals surface area (Å²) in [6.07, 6.45) is 4.34. The fraction of sp³-hybridized carbons (Fsp3) is 0.600. The van der Waals surface area contributed by atoms with Crippen molar-refractivity contribution in [1.29, 1.82) is 0 Å². The van der Waals surface area contributed by atoms with Crippen LogP contribution in [-0.4, -0.2) is 76.5 Å². The van der Waals surface area contributed by atoms with Crippen LogP contribution in [0, 0.1) is 0 Å². The lowest BCUT2D eigenvalue weighted by molar-refractivity contribution is -0.147. The van der Waals surface area contributed by atoms with Crippen molar-refractivity contribution >= 4 is 23.8 Å². The number of hydrogen-bond acceptors (Lipinski definition) is 6. The quantitative estimate of drug-likeness (QED) is 0.698. The standard InChI is InChI=1S/C20H29N5O4/c1-14(2)19-16(11-17-20(28)25(15(3)26)12-18(27)22-17)21-13-24(19)6-4-5-23-7-9-29-10-8-23/h11,13-14H,4-10,12H2,1-3H3,(H,22,27). The van der Waals surface area contributed by atoms with Gasteiger partial charge in [-0.2, -0.15) is 0 Å². The molecule has 0 aliphatic carbocycles. The van der Waals surface area contributed by atoms with E-state index in [0.717, 1.165) is 56.4 Å². The number of nitrogens with zero attached hydrogens (tertiary/aromatic N) is 4. The van der Waals surface area contributed by atoms with Crippen molar-refractivity contribution in [2.75, 3.05) is 39.4 Å². The van der Waals surface area contributed by atoms with Crippen molar-refractivity contribution in [3.63, 3.8) is 0 Å². The molecule has 3 amide bonds. The first-order valence-electron chi connectivity index (χ1n) is 10.1. The van der Waals surface area contributed by atoms with Gasteiger partial charge in [-0.15, -0.1) is 0 Å². The number of imide groups is 1.